The quantitative estimate of drug-likeness (QED) is 0.662. The SMILES string of the molecule is CCNC(=NCc1csc(C(C)(C)C)n1)N1CC[C@@H](O)C1. The Hall–Kier alpha value is -1.14. The van der Waals surface area contributed by atoms with Crippen molar-refractivity contribution < 1.29 is 5.11 Å². The van der Waals surface area contributed by atoms with Gasteiger partial charge in [0.15, 0.2) is 5.96 Å². The number of hydrogen-bond acceptors (Lipinski definition) is 4. The summed E-state index contributed by atoms with van der Waals surface area (Å²) in [5, 5.41) is 16.2. The summed E-state index contributed by atoms with van der Waals surface area (Å²) in [5.74, 6) is 0.874. The first-order valence-electron chi connectivity index (χ1n) is 7.56. The number of guanidine groups is 1. The second kappa shape index (κ2) is 6.75. The van der Waals surface area contributed by atoms with Crippen molar-refractivity contribution in [1.29, 1.82) is 0 Å². The number of thiazole rings is 1. The van der Waals surface area contributed by atoms with Crippen LogP contribution in [0.1, 0.15) is 44.8 Å². The maximum absolute atomic E-state index is 9.66. The molecule has 0 unspecified atom stereocenters. The van der Waals surface area contributed by atoms with E-state index in [4.69, 9.17) is 0 Å². The van der Waals surface area contributed by atoms with Crippen LogP contribution in [0.5, 0.6) is 0 Å². The summed E-state index contributed by atoms with van der Waals surface area (Å²) in [6.07, 6.45) is 0.579. The van der Waals surface area contributed by atoms with Crippen LogP contribution in [0.2, 0.25) is 0 Å². The van der Waals surface area contributed by atoms with Gasteiger partial charge in [0.25, 0.3) is 0 Å². The van der Waals surface area contributed by atoms with E-state index in [-0.39, 0.29) is 11.5 Å². The van der Waals surface area contributed by atoms with Gasteiger partial charge >= 0.3 is 0 Å². The maximum atomic E-state index is 9.66. The molecule has 21 heavy (non-hydrogen) atoms. The highest BCUT2D eigenvalue weighted by Crippen LogP contribution is 2.25. The third kappa shape index (κ3) is 4.41. The molecule has 0 aliphatic carbocycles. The number of β-amino-alcohol motifs (C(OH)–C–C–N with tert-alkyl or cyclic N) is 1. The van der Waals surface area contributed by atoms with Gasteiger partial charge in [-0.2, -0.15) is 0 Å². The van der Waals surface area contributed by atoms with Gasteiger partial charge in [-0.1, -0.05) is 20.8 Å². The van der Waals surface area contributed by atoms with Crippen molar-refractivity contribution >= 4 is 17.3 Å². The molecule has 6 heteroatoms. The van der Waals surface area contributed by atoms with Crippen molar-refractivity contribution in [3.8, 4) is 0 Å². The maximum Gasteiger partial charge on any atom is 0.194 e. The molecule has 1 aliphatic rings. The molecule has 2 heterocycles. The molecule has 0 aromatic carbocycles. The summed E-state index contributed by atoms with van der Waals surface area (Å²) in [4.78, 5) is 11.4. The van der Waals surface area contributed by atoms with E-state index in [1.165, 1.54) is 0 Å². The topological polar surface area (TPSA) is 60.8 Å². The van der Waals surface area contributed by atoms with Crippen molar-refractivity contribution in [2.24, 2.45) is 4.99 Å². The number of hydrogen-bond donors (Lipinski definition) is 2. The molecule has 0 saturated carbocycles. The molecular formula is C15H26N4OS. The number of nitrogens with zero attached hydrogens (tertiary/aromatic N) is 3. The number of rotatable bonds is 3. The summed E-state index contributed by atoms with van der Waals surface area (Å²) in [5.41, 5.74) is 1.11. The van der Waals surface area contributed by atoms with Crippen LogP contribution in [0.15, 0.2) is 10.4 Å². The van der Waals surface area contributed by atoms with Gasteiger partial charge in [-0.15, -0.1) is 11.3 Å². The van der Waals surface area contributed by atoms with Crippen LogP contribution in [0.25, 0.3) is 0 Å². The Bertz CT molecular complexity index is 492. The van der Waals surface area contributed by atoms with E-state index in [2.05, 4.69) is 53.3 Å². The summed E-state index contributed by atoms with van der Waals surface area (Å²) < 4.78 is 0. The molecule has 1 aromatic heterocycles. The van der Waals surface area contributed by atoms with Gasteiger partial charge in [-0.3, -0.25) is 0 Å². The van der Waals surface area contributed by atoms with Gasteiger partial charge in [0.2, 0.25) is 0 Å². The average Bonchev–Trinajstić information content (AvgIpc) is 3.02. The molecule has 0 radical (unpaired) electrons. The van der Waals surface area contributed by atoms with Crippen LogP contribution in [0.4, 0.5) is 0 Å². The van der Waals surface area contributed by atoms with Gasteiger partial charge in [0, 0.05) is 30.4 Å². The fourth-order valence-electron chi connectivity index (χ4n) is 2.24. The molecule has 1 aromatic rings. The smallest absolute Gasteiger partial charge is 0.194 e. The second-order valence-corrected chi connectivity index (χ2v) is 7.31. The van der Waals surface area contributed by atoms with Gasteiger partial charge < -0.3 is 15.3 Å². The van der Waals surface area contributed by atoms with E-state index < -0.39 is 0 Å². The lowest BCUT2D eigenvalue weighted by atomic mass is 9.98. The van der Waals surface area contributed by atoms with E-state index in [1.807, 2.05) is 0 Å². The first kappa shape index (κ1) is 16.2. The lowest BCUT2D eigenvalue weighted by molar-refractivity contribution is 0.188. The summed E-state index contributed by atoms with van der Waals surface area (Å²) >= 11 is 1.70. The van der Waals surface area contributed by atoms with Crippen LogP contribution < -0.4 is 5.32 Å². The standard InChI is InChI=1S/C15H26N4OS/c1-5-16-14(19-7-6-12(20)9-19)17-8-11-10-21-13(18-11)15(2,3)4/h10,12,20H,5-9H2,1-4H3,(H,16,17)/t12-/m1/s1. The van der Waals surface area contributed by atoms with Crippen molar-refractivity contribution in [2.75, 3.05) is 19.6 Å². The number of nitrogens with one attached hydrogen (secondary N) is 1. The minimum absolute atomic E-state index is 0.0934. The first-order valence-corrected chi connectivity index (χ1v) is 8.44. The van der Waals surface area contributed by atoms with Crippen LogP contribution in [-0.2, 0) is 12.0 Å². The predicted octanol–water partition coefficient (Wildman–Crippen LogP) is 1.97. The molecule has 1 atom stereocenters. The predicted molar refractivity (Wildman–Crippen MR) is 87.8 cm³/mol. The number of likely N-dealkylation sites (tertiary alicyclic amines) is 1. The Morgan fingerprint density at radius 2 is 2.33 bits per heavy atom. The Morgan fingerprint density at radius 3 is 2.86 bits per heavy atom. The Kier molecular flexibility index (Phi) is 5.22. The summed E-state index contributed by atoms with van der Waals surface area (Å²) in [7, 11) is 0. The molecule has 0 spiro atoms. The third-order valence-corrected chi connectivity index (χ3v) is 4.70. The third-order valence-electron chi connectivity index (χ3n) is 3.38. The summed E-state index contributed by atoms with van der Waals surface area (Å²) in [6, 6.07) is 0. The van der Waals surface area contributed by atoms with Crippen molar-refractivity contribution in [3.05, 3.63) is 16.1 Å². The molecule has 5 nitrogen and oxygen atoms in total. The number of aliphatic hydroxyl groups is 1. The zero-order valence-electron chi connectivity index (χ0n) is 13.4. The van der Waals surface area contributed by atoms with E-state index >= 15 is 0 Å². The number of aliphatic hydroxyl groups excluding tert-OH is 1. The molecule has 2 N–H and O–H groups in total. The fraction of sp³-hybridized carbons (Fsp3) is 0.733. The number of aromatic nitrogens is 1. The average molecular weight is 310 g/mol. The van der Waals surface area contributed by atoms with E-state index in [0.29, 0.717) is 13.1 Å². The Balaban J connectivity index is 2.04. The molecule has 1 saturated heterocycles. The van der Waals surface area contributed by atoms with Crippen LogP contribution in [0.3, 0.4) is 0 Å². The van der Waals surface area contributed by atoms with Crippen molar-refractivity contribution in [2.45, 2.75) is 52.2 Å². The van der Waals surface area contributed by atoms with Gasteiger partial charge in [0.05, 0.1) is 23.4 Å². The fourth-order valence-corrected chi connectivity index (χ4v) is 3.14. The van der Waals surface area contributed by atoms with E-state index in [9.17, 15) is 5.11 Å². The zero-order chi connectivity index (χ0) is 15.5. The lowest BCUT2D eigenvalue weighted by Gasteiger charge is -2.20. The monoisotopic (exact) mass is 310 g/mol. The minimum Gasteiger partial charge on any atom is -0.391 e. The normalized spacial score (nSPS) is 20.1. The molecule has 2 rings (SSSR count). The molecule has 0 amide bonds. The van der Waals surface area contributed by atoms with Crippen LogP contribution >= 0.6 is 11.3 Å². The highest BCUT2D eigenvalue weighted by Gasteiger charge is 2.23. The van der Waals surface area contributed by atoms with Gasteiger partial charge in [0.1, 0.15) is 0 Å². The lowest BCUT2D eigenvalue weighted by Crippen LogP contribution is -2.40. The molecule has 1 fully saturated rings. The van der Waals surface area contributed by atoms with Crippen molar-refractivity contribution in [3.63, 3.8) is 0 Å². The van der Waals surface area contributed by atoms with Crippen molar-refractivity contribution in [1.82, 2.24) is 15.2 Å². The molecule has 1 aliphatic heterocycles. The minimum atomic E-state index is -0.236. The molecular weight excluding hydrogens is 284 g/mol. The molecule has 0 bridgehead atoms. The molecule has 118 valence electrons. The van der Waals surface area contributed by atoms with Gasteiger partial charge in [-0.25, -0.2) is 9.98 Å². The Labute approximate surface area is 131 Å². The first-order chi connectivity index (χ1) is 9.90. The number of aliphatic imine (C=N–C) groups is 1. The second-order valence-electron chi connectivity index (χ2n) is 6.45. The van der Waals surface area contributed by atoms with Crippen LogP contribution in [0, 0.1) is 0 Å². The largest absolute Gasteiger partial charge is 0.391 e. The highest BCUT2D eigenvalue weighted by atomic mass is 32.1. The van der Waals surface area contributed by atoms with E-state index in [1.54, 1.807) is 11.3 Å². The van der Waals surface area contributed by atoms with Crippen LogP contribution in [-0.4, -0.2) is 46.7 Å². The highest BCUT2D eigenvalue weighted by molar-refractivity contribution is 7.09. The van der Waals surface area contributed by atoms with Gasteiger partial charge in [-0.05, 0) is 13.3 Å². The summed E-state index contributed by atoms with van der Waals surface area (Å²) in [6.45, 7) is 11.5. The van der Waals surface area contributed by atoms with E-state index in [0.717, 1.165) is 36.2 Å². The Morgan fingerprint density at radius 1 is 1.57 bits per heavy atom. The zero-order valence-corrected chi connectivity index (χ0v) is 14.2.